The van der Waals surface area contributed by atoms with Gasteiger partial charge in [0.1, 0.15) is 6.04 Å². The molecule has 4 aromatic rings. The van der Waals surface area contributed by atoms with Crippen molar-refractivity contribution in [1.29, 1.82) is 0 Å². The number of aromatic nitrogens is 2. The van der Waals surface area contributed by atoms with E-state index in [9.17, 15) is 20.0 Å². The van der Waals surface area contributed by atoms with Crippen molar-refractivity contribution in [1.82, 2.24) is 14.5 Å². The summed E-state index contributed by atoms with van der Waals surface area (Å²) in [5, 5.41) is 32.6. The largest absolute Gasteiger partial charge is 0.618 e. The molecule has 0 saturated heterocycles. The number of nitrogens with zero attached hydrogens (tertiary/aromatic N) is 4. The fourth-order valence-corrected chi connectivity index (χ4v) is 9.07. The first kappa shape index (κ1) is 44.8. The summed E-state index contributed by atoms with van der Waals surface area (Å²) in [6.45, 7) is 7.21. The number of nitrogens with one attached hydrogen (secondary N) is 2. The minimum absolute atomic E-state index is 0.0554. The first-order valence-electron chi connectivity index (χ1n) is 22.5. The minimum atomic E-state index is -0.767. The van der Waals surface area contributed by atoms with Gasteiger partial charge in [-0.25, -0.2) is 0 Å². The Morgan fingerprint density at radius 3 is 1.85 bits per heavy atom. The molecule has 0 fully saturated rings. The maximum Gasteiger partial charge on any atom is 0.246 e. The molecule has 4 atom stereocenters. The highest BCUT2D eigenvalue weighted by Crippen LogP contribution is 2.42. The number of allylic oxidation sites excluding steroid dienone is 8. The van der Waals surface area contributed by atoms with Gasteiger partial charge in [-0.05, 0) is 72.2 Å². The summed E-state index contributed by atoms with van der Waals surface area (Å²) in [6, 6.07) is 11.9. The molecule has 17 heteroatoms. The zero-order chi connectivity index (χ0) is 46.9. The second-order valence-corrected chi connectivity index (χ2v) is 17.6. The molecule has 2 aromatic carbocycles. The van der Waals surface area contributed by atoms with Crippen LogP contribution in [0, 0.1) is 28.2 Å². The molecule has 5 aliphatic rings. The molecule has 4 N–H and O–H groups in total. The van der Waals surface area contributed by atoms with E-state index < -0.39 is 12.1 Å². The van der Waals surface area contributed by atoms with Crippen LogP contribution in [0.15, 0.2) is 90.6 Å². The van der Waals surface area contributed by atoms with Crippen molar-refractivity contribution in [3.63, 3.8) is 0 Å². The lowest BCUT2D eigenvalue weighted by atomic mass is 9.87. The van der Waals surface area contributed by atoms with E-state index in [1.807, 2.05) is 102 Å². The van der Waals surface area contributed by atoms with Gasteiger partial charge in [0.05, 0.1) is 57.7 Å². The number of carbonyl (C=O) groups is 2. The second kappa shape index (κ2) is 18.8. The highest BCUT2D eigenvalue weighted by atomic mass is 16.7. The molecule has 0 radical (unpaired) electrons. The Labute approximate surface area is 388 Å². The van der Waals surface area contributed by atoms with Crippen molar-refractivity contribution in [3.05, 3.63) is 123 Å². The quantitative estimate of drug-likeness (QED) is 0.0700. The van der Waals surface area contributed by atoms with Crippen LogP contribution in [0.3, 0.4) is 0 Å². The van der Waals surface area contributed by atoms with Crippen molar-refractivity contribution in [2.45, 2.75) is 65.2 Å². The number of methoxy groups -OCH3 is 2. The minimum Gasteiger partial charge on any atom is -0.618 e. The molecule has 350 valence electrons. The Morgan fingerprint density at radius 1 is 0.761 bits per heavy atom. The molecule has 0 saturated carbocycles. The summed E-state index contributed by atoms with van der Waals surface area (Å²) in [7, 11) is 3.12. The zero-order valence-corrected chi connectivity index (χ0v) is 38.2. The summed E-state index contributed by atoms with van der Waals surface area (Å²) in [4.78, 5) is 25.2. The third kappa shape index (κ3) is 9.10. The molecule has 3 aliphatic heterocycles. The van der Waals surface area contributed by atoms with E-state index >= 15 is 0 Å². The van der Waals surface area contributed by atoms with Gasteiger partial charge in [-0.2, -0.15) is 9.48 Å². The third-order valence-electron chi connectivity index (χ3n) is 12.8. The molecule has 5 heterocycles. The summed E-state index contributed by atoms with van der Waals surface area (Å²) in [5.41, 5.74) is 13.2. The van der Waals surface area contributed by atoms with Crippen LogP contribution >= 0.6 is 0 Å². The first-order chi connectivity index (χ1) is 32.4. The van der Waals surface area contributed by atoms with Crippen LogP contribution in [0.1, 0.15) is 62.5 Å². The van der Waals surface area contributed by atoms with Crippen molar-refractivity contribution < 1.29 is 47.5 Å². The summed E-state index contributed by atoms with van der Waals surface area (Å²) >= 11 is 0. The van der Waals surface area contributed by atoms with Gasteiger partial charge in [-0.1, -0.05) is 44.2 Å². The van der Waals surface area contributed by atoms with Gasteiger partial charge in [-0.3, -0.25) is 9.59 Å². The van der Waals surface area contributed by atoms with E-state index in [1.165, 1.54) is 6.21 Å². The van der Waals surface area contributed by atoms with E-state index in [4.69, 9.17) is 34.2 Å². The lowest BCUT2D eigenvalue weighted by molar-refractivity contribution is -0.404. The topological polar surface area (TPSA) is 202 Å². The Balaban J connectivity index is 0.799. The Morgan fingerprint density at radius 2 is 1.30 bits per heavy atom. The summed E-state index contributed by atoms with van der Waals surface area (Å²) in [6.07, 6.45) is 16.3. The molecular formula is C50H55N7O10. The van der Waals surface area contributed by atoms with Crippen molar-refractivity contribution in [3.8, 4) is 34.5 Å². The molecular weight excluding hydrogens is 859 g/mol. The number of benzene rings is 2. The van der Waals surface area contributed by atoms with Gasteiger partial charge >= 0.3 is 0 Å². The van der Waals surface area contributed by atoms with Crippen molar-refractivity contribution >= 4 is 41.1 Å². The lowest BCUT2D eigenvalue weighted by Crippen LogP contribution is -2.50. The highest BCUT2D eigenvalue weighted by Gasteiger charge is 2.35. The molecule has 0 bridgehead atoms. The Kier molecular flexibility index (Phi) is 12.6. The molecule has 9 rings (SSSR count). The van der Waals surface area contributed by atoms with E-state index in [0.717, 1.165) is 37.5 Å². The maximum absolute atomic E-state index is 13.6. The van der Waals surface area contributed by atoms with Crippen LogP contribution < -0.4 is 44.8 Å². The number of carbonyl (C=O) groups excluding carboxylic acids is 2. The van der Waals surface area contributed by atoms with Crippen LogP contribution in [0.2, 0.25) is 0 Å². The number of ether oxygens (including phenoxy) is 6. The SMILES string of the molecule is COc1c(OCCCOc2cn3c(c2OC)C=[N+]([O-])C2=CC=C(c4ccc5c(c4)OCO5)CC2C3)cn2c1C=[N+]([O-])C1=CC=C(c3ccc(NC(=O)C(C)NC(=O)C(N)C(C)C)cc3)CC1C2. The zero-order valence-electron chi connectivity index (χ0n) is 38.2. The van der Waals surface area contributed by atoms with Crippen molar-refractivity contribution in [2.75, 3.05) is 39.5 Å². The number of anilines is 1. The lowest BCUT2D eigenvalue weighted by Gasteiger charge is -2.22. The van der Waals surface area contributed by atoms with Crippen molar-refractivity contribution in [2.24, 2.45) is 23.5 Å². The standard InChI is InChI=1S/C50H55N7O10/c1-29(2)46(51)50(59)52-30(3)49(58)53-37-12-7-31(8-13-37)32-9-14-38-35(19-32)22-54-26-44(47(62-4)40(54)24-56(38)60)64-17-6-18-65-45-27-55-23-36-20-33(34-11-16-42-43(21-34)67-28-66-42)10-15-39(36)57(61)25-41(55)48(45)63-5/h7-16,21,24-27,29-30,35-36,46H,6,17-20,22-23,28,51H2,1-5H3,(H,52,59)(H,53,58). The smallest absolute Gasteiger partial charge is 0.246 e. The van der Waals surface area contributed by atoms with Gasteiger partial charge in [0.25, 0.3) is 0 Å². The van der Waals surface area contributed by atoms with Gasteiger partial charge < -0.3 is 64.3 Å². The second-order valence-electron chi connectivity index (χ2n) is 17.6. The predicted molar refractivity (Wildman–Crippen MR) is 252 cm³/mol. The van der Waals surface area contributed by atoms with E-state index in [-0.39, 0.29) is 36.4 Å². The highest BCUT2D eigenvalue weighted by molar-refractivity contribution is 5.97. The van der Waals surface area contributed by atoms with Gasteiger partial charge in [0.2, 0.25) is 31.0 Å². The molecule has 67 heavy (non-hydrogen) atoms. The predicted octanol–water partition coefficient (Wildman–Crippen LogP) is 6.17. The number of hydrogen-bond donors (Lipinski definition) is 3. The van der Waals surface area contributed by atoms with Gasteiger partial charge in [-0.15, -0.1) is 0 Å². The van der Waals surface area contributed by atoms with Crippen LogP contribution in [-0.4, -0.2) is 89.2 Å². The van der Waals surface area contributed by atoms with E-state index in [0.29, 0.717) is 103 Å². The number of rotatable bonds is 15. The van der Waals surface area contributed by atoms with Crippen LogP contribution in [0.25, 0.3) is 11.1 Å². The van der Waals surface area contributed by atoms with E-state index in [1.54, 1.807) is 27.4 Å². The van der Waals surface area contributed by atoms with Crippen LogP contribution in [-0.2, 0) is 22.7 Å². The maximum atomic E-state index is 13.6. The van der Waals surface area contributed by atoms with Crippen LogP contribution in [0.5, 0.6) is 34.5 Å². The fourth-order valence-electron chi connectivity index (χ4n) is 9.07. The third-order valence-corrected chi connectivity index (χ3v) is 12.8. The average molecular weight is 914 g/mol. The Hall–Kier alpha value is -7.40. The number of hydrogen-bond acceptors (Lipinski definition) is 11. The Bertz CT molecular complexity index is 2780. The molecule has 2 amide bonds. The number of hydroxylamine groups is 2. The van der Waals surface area contributed by atoms with E-state index in [2.05, 4.69) is 10.6 Å². The average Bonchev–Trinajstić information content (AvgIpc) is 3.97. The molecule has 17 nitrogen and oxygen atoms in total. The summed E-state index contributed by atoms with van der Waals surface area (Å²) < 4.78 is 41.0. The van der Waals surface area contributed by atoms with Crippen LogP contribution in [0.4, 0.5) is 5.69 Å². The molecule has 2 aromatic heterocycles. The number of amides is 2. The number of nitrogens with two attached hydrogens (primary N) is 1. The van der Waals surface area contributed by atoms with Gasteiger partial charge in [0, 0.05) is 37.3 Å². The summed E-state index contributed by atoms with van der Waals surface area (Å²) in [5.74, 6) is 2.44. The van der Waals surface area contributed by atoms with Gasteiger partial charge in [0.15, 0.2) is 57.3 Å². The number of fused-ring (bicyclic) bond motifs is 5. The monoisotopic (exact) mass is 913 g/mol. The molecule has 4 unspecified atom stereocenters. The first-order valence-corrected chi connectivity index (χ1v) is 22.5. The fraction of sp³-hybridized carbons (Fsp3) is 0.360. The normalized spacial score (nSPS) is 18.9. The molecule has 0 spiro atoms. The molecule has 2 aliphatic carbocycles.